The molecular formula is C12H16N2O. The van der Waals surface area contributed by atoms with E-state index in [2.05, 4.69) is 5.32 Å². The summed E-state index contributed by atoms with van der Waals surface area (Å²) in [5.41, 5.74) is 7.82. The molecule has 1 aliphatic rings. The molecule has 1 heterocycles. The summed E-state index contributed by atoms with van der Waals surface area (Å²) >= 11 is 0. The van der Waals surface area contributed by atoms with Gasteiger partial charge in [-0.15, -0.1) is 0 Å². The molecule has 1 aromatic rings. The fourth-order valence-electron chi connectivity index (χ4n) is 2.05. The maximum absolute atomic E-state index is 10.7. The summed E-state index contributed by atoms with van der Waals surface area (Å²) in [5.74, 6) is 0. The third-order valence-corrected chi connectivity index (χ3v) is 2.89. The van der Waals surface area contributed by atoms with Gasteiger partial charge in [-0.1, -0.05) is 18.2 Å². The molecule has 1 saturated heterocycles. The summed E-state index contributed by atoms with van der Waals surface area (Å²) in [6.45, 7) is 0.956. The van der Waals surface area contributed by atoms with Crippen LogP contribution in [0.15, 0.2) is 24.3 Å². The van der Waals surface area contributed by atoms with Gasteiger partial charge in [0.1, 0.15) is 6.29 Å². The van der Waals surface area contributed by atoms with Crippen molar-refractivity contribution in [2.24, 2.45) is 5.73 Å². The number of carbonyl (C=O) groups excluding carboxylic acids is 1. The van der Waals surface area contributed by atoms with E-state index in [1.54, 1.807) is 0 Å². The minimum Gasteiger partial charge on any atom is -0.328 e. The Bertz CT molecular complexity index is 351. The number of hydrogen-bond donors (Lipinski definition) is 2. The molecule has 3 N–H and O–H groups in total. The van der Waals surface area contributed by atoms with Crippen LogP contribution in [0, 0.1) is 0 Å². The lowest BCUT2D eigenvalue weighted by atomic mass is 9.93. The van der Waals surface area contributed by atoms with Crippen molar-refractivity contribution < 1.29 is 4.79 Å². The van der Waals surface area contributed by atoms with Crippen LogP contribution in [0.25, 0.3) is 0 Å². The molecule has 1 aromatic carbocycles. The fraction of sp³-hybridized carbons (Fsp3) is 0.417. The number of nitrogens with one attached hydrogen (secondary N) is 1. The van der Waals surface area contributed by atoms with Crippen molar-refractivity contribution in [3.63, 3.8) is 0 Å². The van der Waals surface area contributed by atoms with Gasteiger partial charge in [0.05, 0.1) is 0 Å². The maximum atomic E-state index is 10.7. The summed E-state index contributed by atoms with van der Waals surface area (Å²) in [7, 11) is 0. The molecular weight excluding hydrogens is 188 g/mol. The van der Waals surface area contributed by atoms with Crippen LogP contribution in [0.1, 0.15) is 34.8 Å². The van der Waals surface area contributed by atoms with Gasteiger partial charge in [0.15, 0.2) is 0 Å². The molecule has 2 rings (SSSR count). The van der Waals surface area contributed by atoms with Crippen LogP contribution >= 0.6 is 0 Å². The molecule has 1 fully saturated rings. The van der Waals surface area contributed by atoms with Crippen LogP contribution in [-0.2, 0) is 0 Å². The number of nitrogens with two attached hydrogens (primary N) is 1. The molecule has 15 heavy (non-hydrogen) atoms. The normalized spacial score (nSPS) is 26.2. The van der Waals surface area contributed by atoms with Gasteiger partial charge in [-0.2, -0.15) is 0 Å². The maximum Gasteiger partial charge on any atom is 0.150 e. The standard InChI is InChI=1S/C12H16N2O/c13-11-4-5-14-12(7-11)10-3-1-2-9(6-10)8-15/h1-3,6,8,11-12,14H,4-5,7,13H2. The van der Waals surface area contributed by atoms with Gasteiger partial charge in [-0.05, 0) is 31.0 Å². The highest BCUT2D eigenvalue weighted by atomic mass is 16.1. The average molecular weight is 204 g/mol. The van der Waals surface area contributed by atoms with Crippen LogP contribution in [0.2, 0.25) is 0 Å². The lowest BCUT2D eigenvalue weighted by molar-refractivity contribution is 0.112. The fourth-order valence-corrected chi connectivity index (χ4v) is 2.05. The van der Waals surface area contributed by atoms with E-state index in [0.717, 1.165) is 36.8 Å². The number of piperidine rings is 1. The first-order valence-corrected chi connectivity index (χ1v) is 5.33. The van der Waals surface area contributed by atoms with E-state index < -0.39 is 0 Å². The number of benzene rings is 1. The Morgan fingerprint density at radius 2 is 2.33 bits per heavy atom. The van der Waals surface area contributed by atoms with Crippen molar-refractivity contribution in [3.05, 3.63) is 35.4 Å². The van der Waals surface area contributed by atoms with Crippen LogP contribution in [0.5, 0.6) is 0 Å². The molecule has 0 aliphatic carbocycles. The summed E-state index contributed by atoms with van der Waals surface area (Å²) in [5, 5.41) is 3.42. The van der Waals surface area contributed by atoms with Gasteiger partial charge in [0.2, 0.25) is 0 Å². The van der Waals surface area contributed by atoms with Crippen LogP contribution in [0.4, 0.5) is 0 Å². The zero-order chi connectivity index (χ0) is 10.7. The van der Waals surface area contributed by atoms with Crippen LogP contribution in [-0.4, -0.2) is 18.9 Å². The minimum absolute atomic E-state index is 0.274. The third-order valence-electron chi connectivity index (χ3n) is 2.89. The molecule has 0 radical (unpaired) electrons. The Morgan fingerprint density at radius 1 is 1.47 bits per heavy atom. The number of rotatable bonds is 2. The lowest BCUT2D eigenvalue weighted by Crippen LogP contribution is -2.38. The minimum atomic E-state index is 0.274. The van der Waals surface area contributed by atoms with E-state index in [9.17, 15) is 4.79 Å². The van der Waals surface area contributed by atoms with Crippen molar-refractivity contribution in [1.29, 1.82) is 0 Å². The molecule has 3 heteroatoms. The van der Waals surface area contributed by atoms with Gasteiger partial charge in [-0.3, -0.25) is 4.79 Å². The molecule has 0 bridgehead atoms. The lowest BCUT2D eigenvalue weighted by Gasteiger charge is -2.28. The average Bonchev–Trinajstić information content (AvgIpc) is 2.29. The van der Waals surface area contributed by atoms with Crippen LogP contribution in [0.3, 0.4) is 0 Å². The number of aldehydes is 1. The van der Waals surface area contributed by atoms with E-state index in [4.69, 9.17) is 5.73 Å². The summed E-state index contributed by atoms with van der Waals surface area (Å²) in [6.07, 6.45) is 2.86. The monoisotopic (exact) mass is 204 g/mol. The highest BCUT2D eigenvalue weighted by Gasteiger charge is 2.19. The molecule has 0 spiro atoms. The highest BCUT2D eigenvalue weighted by molar-refractivity contribution is 5.75. The largest absolute Gasteiger partial charge is 0.328 e. The number of carbonyl (C=O) groups is 1. The van der Waals surface area contributed by atoms with Gasteiger partial charge in [0, 0.05) is 17.6 Å². The molecule has 80 valence electrons. The molecule has 3 nitrogen and oxygen atoms in total. The van der Waals surface area contributed by atoms with Crippen molar-refractivity contribution in [3.8, 4) is 0 Å². The van der Waals surface area contributed by atoms with E-state index in [1.165, 1.54) is 0 Å². The predicted molar refractivity (Wildman–Crippen MR) is 59.8 cm³/mol. The molecule has 1 aliphatic heterocycles. The van der Waals surface area contributed by atoms with E-state index in [1.807, 2.05) is 24.3 Å². The first-order chi connectivity index (χ1) is 7.29. The summed E-state index contributed by atoms with van der Waals surface area (Å²) < 4.78 is 0. The summed E-state index contributed by atoms with van der Waals surface area (Å²) in [4.78, 5) is 10.7. The predicted octanol–water partition coefficient (Wildman–Crippen LogP) is 1.25. The molecule has 0 aromatic heterocycles. The Kier molecular flexibility index (Phi) is 3.14. The highest BCUT2D eigenvalue weighted by Crippen LogP contribution is 2.22. The second kappa shape index (κ2) is 4.55. The van der Waals surface area contributed by atoms with Crippen molar-refractivity contribution in [1.82, 2.24) is 5.32 Å². The Morgan fingerprint density at radius 3 is 3.07 bits per heavy atom. The Labute approximate surface area is 89.7 Å². The third kappa shape index (κ3) is 2.43. The van der Waals surface area contributed by atoms with Gasteiger partial charge < -0.3 is 11.1 Å². The molecule has 2 unspecified atom stereocenters. The van der Waals surface area contributed by atoms with E-state index in [0.29, 0.717) is 6.04 Å². The smallest absolute Gasteiger partial charge is 0.150 e. The Balaban J connectivity index is 2.17. The zero-order valence-electron chi connectivity index (χ0n) is 8.65. The van der Waals surface area contributed by atoms with Gasteiger partial charge in [-0.25, -0.2) is 0 Å². The van der Waals surface area contributed by atoms with Gasteiger partial charge >= 0.3 is 0 Å². The molecule has 0 amide bonds. The van der Waals surface area contributed by atoms with Gasteiger partial charge in [0.25, 0.3) is 0 Å². The van der Waals surface area contributed by atoms with Crippen molar-refractivity contribution in [2.45, 2.75) is 24.9 Å². The quantitative estimate of drug-likeness (QED) is 0.713. The Hall–Kier alpha value is -1.19. The van der Waals surface area contributed by atoms with Crippen molar-refractivity contribution in [2.75, 3.05) is 6.54 Å². The van der Waals surface area contributed by atoms with E-state index >= 15 is 0 Å². The first kappa shape index (κ1) is 10.3. The zero-order valence-corrected chi connectivity index (χ0v) is 8.65. The summed E-state index contributed by atoms with van der Waals surface area (Å²) in [6, 6.07) is 8.29. The van der Waals surface area contributed by atoms with Crippen molar-refractivity contribution >= 4 is 6.29 Å². The SMILES string of the molecule is NC1CCNC(c2cccc(C=O)c2)C1. The number of hydrogen-bond acceptors (Lipinski definition) is 3. The first-order valence-electron chi connectivity index (χ1n) is 5.33. The second-order valence-corrected chi connectivity index (χ2v) is 4.08. The topological polar surface area (TPSA) is 55.1 Å². The van der Waals surface area contributed by atoms with E-state index in [-0.39, 0.29) is 6.04 Å². The molecule has 0 saturated carbocycles. The second-order valence-electron chi connectivity index (χ2n) is 4.08. The molecule has 2 atom stereocenters. The van der Waals surface area contributed by atoms with Crippen LogP contribution < -0.4 is 11.1 Å².